The molecule has 5 nitrogen and oxygen atoms in total. The first-order chi connectivity index (χ1) is 7.70. The van der Waals surface area contributed by atoms with Crippen molar-refractivity contribution in [2.45, 2.75) is 19.4 Å². The fourth-order valence-corrected chi connectivity index (χ4v) is 2.09. The van der Waals surface area contributed by atoms with Crippen molar-refractivity contribution in [1.29, 1.82) is 0 Å². The van der Waals surface area contributed by atoms with Gasteiger partial charge in [0.1, 0.15) is 5.82 Å². The largest absolute Gasteiger partial charge is 0.379 e. The summed E-state index contributed by atoms with van der Waals surface area (Å²) in [6.45, 7) is 4.09. The van der Waals surface area contributed by atoms with Crippen molar-refractivity contribution in [3.05, 3.63) is 12.3 Å². The number of nitrogens with two attached hydrogens (primary N) is 1. The molecular weight excluding hydrogens is 204 g/mol. The number of rotatable bonds is 2. The topological polar surface area (TPSA) is 64.3 Å². The van der Waals surface area contributed by atoms with Crippen LogP contribution in [0.3, 0.4) is 0 Å². The van der Waals surface area contributed by atoms with Crippen LogP contribution in [-0.4, -0.2) is 36.3 Å². The van der Waals surface area contributed by atoms with Crippen molar-refractivity contribution in [1.82, 2.24) is 9.97 Å². The number of nitrogens with zero attached hydrogens (tertiary/aromatic N) is 3. The minimum absolute atomic E-state index is 0.268. The van der Waals surface area contributed by atoms with Crippen molar-refractivity contribution in [2.24, 2.45) is 5.92 Å². The molecule has 1 aliphatic heterocycles. The van der Waals surface area contributed by atoms with Crippen molar-refractivity contribution in [2.75, 3.05) is 30.8 Å². The van der Waals surface area contributed by atoms with Crippen LogP contribution < -0.4 is 10.6 Å². The van der Waals surface area contributed by atoms with Gasteiger partial charge in [0, 0.05) is 26.4 Å². The predicted molar refractivity (Wildman–Crippen MR) is 63.2 cm³/mol. The Morgan fingerprint density at radius 2 is 2.38 bits per heavy atom. The molecule has 0 radical (unpaired) electrons. The first-order valence-electron chi connectivity index (χ1n) is 5.57. The van der Waals surface area contributed by atoms with Crippen LogP contribution >= 0.6 is 0 Å². The fourth-order valence-electron chi connectivity index (χ4n) is 2.09. The highest BCUT2D eigenvalue weighted by atomic mass is 16.5. The SMILES string of the molecule is COC1CN(c2ccnc(N)n2)CCC1C. The number of anilines is 2. The Balaban J connectivity index is 2.11. The van der Waals surface area contributed by atoms with Gasteiger partial charge in [0.25, 0.3) is 0 Å². The summed E-state index contributed by atoms with van der Waals surface area (Å²) in [5, 5.41) is 0. The van der Waals surface area contributed by atoms with Crippen LogP contribution in [0.25, 0.3) is 0 Å². The molecule has 1 aromatic heterocycles. The lowest BCUT2D eigenvalue weighted by Crippen LogP contribution is -2.44. The van der Waals surface area contributed by atoms with Crippen molar-refractivity contribution in [3.63, 3.8) is 0 Å². The normalized spacial score (nSPS) is 25.8. The number of nitrogen functional groups attached to an aromatic ring is 1. The monoisotopic (exact) mass is 222 g/mol. The standard InChI is InChI=1S/C11H18N4O/c1-8-4-6-15(7-9(8)16-2)10-3-5-13-11(12)14-10/h3,5,8-9H,4,6-7H2,1-2H3,(H2,12,13,14). The molecule has 1 saturated heterocycles. The van der Waals surface area contributed by atoms with E-state index in [1.165, 1.54) is 0 Å². The maximum Gasteiger partial charge on any atom is 0.221 e. The van der Waals surface area contributed by atoms with Gasteiger partial charge in [-0.2, -0.15) is 4.98 Å². The Bertz CT molecular complexity index is 358. The molecule has 0 amide bonds. The predicted octanol–water partition coefficient (Wildman–Crippen LogP) is 0.920. The molecule has 2 rings (SSSR count). The Kier molecular flexibility index (Phi) is 3.24. The van der Waals surface area contributed by atoms with E-state index in [9.17, 15) is 0 Å². The summed E-state index contributed by atoms with van der Waals surface area (Å²) in [6, 6.07) is 1.89. The summed E-state index contributed by atoms with van der Waals surface area (Å²) in [5.41, 5.74) is 5.58. The number of hydrogen-bond acceptors (Lipinski definition) is 5. The van der Waals surface area contributed by atoms with E-state index in [1.54, 1.807) is 13.3 Å². The minimum Gasteiger partial charge on any atom is -0.379 e. The third kappa shape index (κ3) is 2.24. The molecule has 1 fully saturated rings. The van der Waals surface area contributed by atoms with Gasteiger partial charge in [-0.05, 0) is 18.4 Å². The summed E-state index contributed by atoms with van der Waals surface area (Å²) in [5.74, 6) is 1.81. The van der Waals surface area contributed by atoms with Gasteiger partial charge in [-0.15, -0.1) is 0 Å². The molecule has 88 valence electrons. The maximum atomic E-state index is 5.58. The zero-order chi connectivity index (χ0) is 11.5. The van der Waals surface area contributed by atoms with Crippen LogP contribution in [0.2, 0.25) is 0 Å². The summed E-state index contributed by atoms with van der Waals surface area (Å²) in [7, 11) is 1.76. The van der Waals surface area contributed by atoms with Gasteiger partial charge in [0.05, 0.1) is 6.10 Å². The number of methoxy groups -OCH3 is 1. The average Bonchev–Trinajstić information content (AvgIpc) is 2.29. The van der Waals surface area contributed by atoms with E-state index in [0.717, 1.165) is 25.3 Å². The van der Waals surface area contributed by atoms with E-state index >= 15 is 0 Å². The van der Waals surface area contributed by atoms with Crippen LogP contribution in [0.4, 0.5) is 11.8 Å². The molecule has 0 aromatic carbocycles. The van der Waals surface area contributed by atoms with Gasteiger partial charge in [-0.1, -0.05) is 6.92 Å². The lowest BCUT2D eigenvalue weighted by Gasteiger charge is -2.36. The quantitative estimate of drug-likeness (QED) is 0.806. The van der Waals surface area contributed by atoms with Crippen molar-refractivity contribution in [3.8, 4) is 0 Å². The number of ether oxygens (including phenoxy) is 1. The maximum absolute atomic E-state index is 5.58. The molecule has 0 aliphatic carbocycles. The van der Waals surface area contributed by atoms with Crippen LogP contribution in [0, 0.1) is 5.92 Å². The number of aromatic nitrogens is 2. The summed E-state index contributed by atoms with van der Waals surface area (Å²) < 4.78 is 5.47. The van der Waals surface area contributed by atoms with Crippen molar-refractivity contribution < 1.29 is 4.74 Å². The Morgan fingerprint density at radius 3 is 3.06 bits per heavy atom. The van der Waals surface area contributed by atoms with E-state index in [1.807, 2.05) is 6.07 Å². The van der Waals surface area contributed by atoms with E-state index in [2.05, 4.69) is 21.8 Å². The highest BCUT2D eigenvalue weighted by molar-refractivity contribution is 5.41. The highest BCUT2D eigenvalue weighted by Crippen LogP contribution is 2.23. The van der Waals surface area contributed by atoms with Gasteiger partial charge in [0.2, 0.25) is 5.95 Å². The van der Waals surface area contributed by atoms with E-state index in [-0.39, 0.29) is 6.10 Å². The minimum atomic E-state index is 0.268. The molecule has 0 bridgehead atoms. The van der Waals surface area contributed by atoms with Gasteiger partial charge in [-0.3, -0.25) is 0 Å². The summed E-state index contributed by atoms with van der Waals surface area (Å²) in [6.07, 6.45) is 3.07. The Labute approximate surface area is 95.6 Å². The zero-order valence-electron chi connectivity index (χ0n) is 9.76. The lowest BCUT2D eigenvalue weighted by atomic mass is 9.96. The first kappa shape index (κ1) is 11.1. The molecule has 2 N–H and O–H groups in total. The number of piperidine rings is 1. The second-order valence-electron chi connectivity index (χ2n) is 4.26. The molecule has 1 aromatic rings. The zero-order valence-corrected chi connectivity index (χ0v) is 9.76. The molecule has 0 spiro atoms. The summed E-state index contributed by atoms with van der Waals surface area (Å²) in [4.78, 5) is 10.3. The van der Waals surface area contributed by atoms with Crippen LogP contribution in [0.5, 0.6) is 0 Å². The Hall–Kier alpha value is -1.36. The van der Waals surface area contributed by atoms with Gasteiger partial charge >= 0.3 is 0 Å². The molecule has 1 aliphatic rings. The molecule has 16 heavy (non-hydrogen) atoms. The van der Waals surface area contributed by atoms with Crippen LogP contribution in [-0.2, 0) is 4.74 Å². The van der Waals surface area contributed by atoms with Gasteiger partial charge in [0.15, 0.2) is 0 Å². The average molecular weight is 222 g/mol. The van der Waals surface area contributed by atoms with Gasteiger partial charge < -0.3 is 15.4 Å². The molecule has 2 heterocycles. The number of hydrogen-bond donors (Lipinski definition) is 1. The lowest BCUT2D eigenvalue weighted by molar-refractivity contribution is 0.0496. The third-order valence-corrected chi connectivity index (χ3v) is 3.18. The van der Waals surface area contributed by atoms with Crippen LogP contribution in [0.1, 0.15) is 13.3 Å². The highest BCUT2D eigenvalue weighted by Gasteiger charge is 2.26. The van der Waals surface area contributed by atoms with Gasteiger partial charge in [-0.25, -0.2) is 4.98 Å². The first-order valence-corrected chi connectivity index (χ1v) is 5.57. The summed E-state index contributed by atoms with van der Waals surface area (Å²) >= 11 is 0. The van der Waals surface area contributed by atoms with E-state index in [0.29, 0.717) is 11.9 Å². The third-order valence-electron chi connectivity index (χ3n) is 3.18. The molecule has 2 unspecified atom stereocenters. The van der Waals surface area contributed by atoms with E-state index < -0.39 is 0 Å². The molecule has 5 heteroatoms. The molecular formula is C11H18N4O. The second-order valence-corrected chi connectivity index (χ2v) is 4.26. The van der Waals surface area contributed by atoms with E-state index in [4.69, 9.17) is 10.5 Å². The Morgan fingerprint density at radius 1 is 1.56 bits per heavy atom. The van der Waals surface area contributed by atoms with Crippen LogP contribution in [0.15, 0.2) is 12.3 Å². The smallest absolute Gasteiger partial charge is 0.221 e. The van der Waals surface area contributed by atoms with Crippen molar-refractivity contribution >= 4 is 11.8 Å². The fraction of sp³-hybridized carbons (Fsp3) is 0.636. The molecule has 0 saturated carbocycles. The second kappa shape index (κ2) is 4.65. The molecule has 2 atom stereocenters.